The number of rotatable bonds is 5. The van der Waals surface area contributed by atoms with Crippen molar-refractivity contribution in [3.05, 3.63) is 217 Å². The van der Waals surface area contributed by atoms with Crippen molar-refractivity contribution in [1.82, 2.24) is 13.7 Å². The lowest BCUT2D eigenvalue weighted by Gasteiger charge is -2.09. The molecule has 0 aliphatic rings. The van der Waals surface area contributed by atoms with E-state index in [4.69, 9.17) is 6.57 Å². The predicted molar refractivity (Wildman–Crippen MR) is 251 cm³/mol. The summed E-state index contributed by atoms with van der Waals surface area (Å²) in [5.41, 5.74) is 15.6. The van der Waals surface area contributed by atoms with Gasteiger partial charge in [-0.05, 0) is 143 Å². The van der Waals surface area contributed by atoms with Crippen LogP contribution in [0.2, 0.25) is 0 Å². The van der Waals surface area contributed by atoms with Crippen molar-refractivity contribution >= 4 is 71.1 Å². The molecule has 282 valence electrons. The lowest BCUT2D eigenvalue weighted by molar-refractivity contribution is 1.18. The number of hydrogen-bond acceptors (Lipinski definition) is 1. The molecular weight excluding hydrogens is 743 g/mol. The topological polar surface area (TPSA) is 42.9 Å². The van der Waals surface area contributed by atoms with Gasteiger partial charge in [0.2, 0.25) is 0 Å². The average Bonchev–Trinajstić information content (AvgIpc) is 3.96. The second-order valence-corrected chi connectivity index (χ2v) is 15.6. The van der Waals surface area contributed by atoms with Crippen molar-refractivity contribution in [2.24, 2.45) is 0 Å². The smallest absolute Gasteiger partial charge is 0.188 e. The number of aromatic nitrogens is 3. The van der Waals surface area contributed by atoms with Crippen LogP contribution >= 0.6 is 0 Å². The first-order valence-electron chi connectivity index (χ1n) is 20.3. The van der Waals surface area contributed by atoms with Crippen LogP contribution in [0.1, 0.15) is 5.56 Å². The van der Waals surface area contributed by atoms with Crippen LogP contribution in [0, 0.1) is 17.9 Å². The number of nitriles is 1. The normalized spacial score (nSPS) is 11.6. The summed E-state index contributed by atoms with van der Waals surface area (Å²) in [7, 11) is 0. The summed E-state index contributed by atoms with van der Waals surface area (Å²) < 4.78 is 6.94. The monoisotopic (exact) mass is 775 g/mol. The molecule has 5 heteroatoms. The molecule has 0 bridgehead atoms. The number of nitrogens with zero attached hydrogens (tertiary/aromatic N) is 5. The van der Waals surface area contributed by atoms with Gasteiger partial charge in [0.1, 0.15) is 0 Å². The van der Waals surface area contributed by atoms with Gasteiger partial charge in [0, 0.05) is 44.0 Å². The second-order valence-electron chi connectivity index (χ2n) is 15.6. The van der Waals surface area contributed by atoms with Crippen molar-refractivity contribution in [3.63, 3.8) is 0 Å². The summed E-state index contributed by atoms with van der Waals surface area (Å²) >= 11 is 0. The highest BCUT2D eigenvalue weighted by atomic mass is 15.0. The molecule has 0 aliphatic heterocycles. The number of para-hydroxylation sites is 3. The standard InChI is InChI=1S/C56H33N5/c1-58-41-22-28-56-50(34-41)49-33-40(21-27-55(49)61(56)44-15-9-4-10-16-44)39-20-26-54-48(32-39)47-31-38(19-25-53(47)60(54)43-13-7-3-8-14-43)37-18-24-52-46(30-37)45-29-36(35-57)17-23-51(45)59(52)42-11-5-2-6-12-42/h2-34H. The van der Waals surface area contributed by atoms with Gasteiger partial charge in [-0.25, -0.2) is 4.85 Å². The summed E-state index contributed by atoms with van der Waals surface area (Å²) in [4.78, 5) is 3.78. The van der Waals surface area contributed by atoms with E-state index in [0.29, 0.717) is 11.3 Å². The molecule has 5 nitrogen and oxygen atoms in total. The fraction of sp³-hybridized carbons (Fsp3) is 0. The molecule has 0 unspecified atom stereocenters. The third-order valence-corrected chi connectivity index (χ3v) is 12.2. The maximum atomic E-state index is 9.87. The number of hydrogen-bond donors (Lipinski definition) is 0. The fourth-order valence-electron chi connectivity index (χ4n) is 9.48. The predicted octanol–water partition coefficient (Wildman–Crippen LogP) is 14.7. The van der Waals surface area contributed by atoms with E-state index in [1.165, 1.54) is 10.8 Å². The van der Waals surface area contributed by atoms with Gasteiger partial charge in [-0.3, -0.25) is 0 Å². The average molecular weight is 776 g/mol. The Bertz CT molecular complexity index is 3590. The Kier molecular flexibility index (Phi) is 7.59. The van der Waals surface area contributed by atoms with Crippen molar-refractivity contribution in [2.75, 3.05) is 0 Å². The summed E-state index contributed by atoms with van der Waals surface area (Å²) in [6.45, 7) is 7.77. The molecule has 3 heterocycles. The second kappa shape index (κ2) is 13.5. The molecule has 0 spiro atoms. The van der Waals surface area contributed by atoms with Crippen molar-refractivity contribution in [3.8, 4) is 45.4 Å². The van der Waals surface area contributed by atoms with Crippen LogP contribution in [-0.4, -0.2) is 13.7 Å². The maximum Gasteiger partial charge on any atom is 0.188 e. The highest BCUT2D eigenvalue weighted by Crippen LogP contribution is 2.41. The quantitative estimate of drug-likeness (QED) is 0.161. The highest BCUT2D eigenvalue weighted by Gasteiger charge is 2.19. The van der Waals surface area contributed by atoms with E-state index >= 15 is 0 Å². The Balaban J connectivity index is 1.06. The molecule has 0 saturated heterocycles. The molecule has 9 aromatic carbocycles. The number of fused-ring (bicyclic) bond motifs is 9. The third-order valence-electron chi connectivity index (χ3n) is 12.2. The van der Waals surface area contributed by atoms with Crippen LogP contribution in [-0.2, 0) is 0 Å². The summed E-state index contributed by atoms with van der Waals surface area (Å²) in [6.07, 6.45) is 0. The Morgan fingerprint density at radius 3 is 1.00 bits per heavy atom. The molecule has 12 rings (SSSR count). The van der Waals surface area contributed by atoms with Crippen LogP contribution < -0.4 is 0 Å². The van der Waals surface area contributed by atoms with Crippen LogP contribution in [0.3, 0.4) is 0 Å². The van der Waals surface area contributed by atoms with Crippen molar-refractivity contribution in [2.45, 2.75) is 0 Å². The molecule has 0 radical (unpaired) electrons. The van der Waals surface area contributed by atoms with E-state index in [1.807, 2.05) is 36.4 Å². The van der Waals surface area contributed by atoms with Gasteiger partial charge < -0.3 is 13.7 Å². The molecule has 0 amide bonds. The first-order chi connectivity index (χ1) is 30.1. The van der Waals surface area contributed by atoms with Crippen LogP contribution in [0.15, 0.2) is 200 Å². The zero-order valence-corrected chi connectivity index (χ0v) is 32.8. The minimum Gasteiger partial charge on any atom is -0.309 e. The van der Waals surface area contributed by atoms with Gasteiger partial charge in [-0.1, -0.05) is 84.9 Å². The Labute approximate surface area is 351 Å². The zero-order valence-electron chi connectivity index (χ0n) is 32.8. The molecule has 0 aliphatic carbocycles. The van der Waals surface area contributed by atoms with Gasteiger partial charge in [-0.2, -0.15) is 5.26 Å². The molecule has 61 heavy (non-hydrogen) atoms. The summed E-state index contributed by atoms with van der Waals surface area (Å²) in [6, 6.07) is 72.8. The Morgan fingerprint density at radius 2 is 0.656 bits per heavy atom. The lowest BCUT2D eigenvalue weighted by Crippen LogP contribution is -1.93. The fourth-order valence-corrected chi connectivity index (χ4v) is 9.48. The summed E-state index contributed by atoms with van der Waals surface area (Å²) in [5, 5.41) is 16.5. The molecule has 3 aromatic heterocycles. The van der Waals surface area contributed by atoms with Crippen molar-refractivity contribution in [1.29, 1.82) is 5.26 Å². The molecule has 0 atom stereocenters. The van der Waals surface area contributed by atoms with Gasteiger partial charge >= 0.3 is 0 Å². The zero-order chi connectivity index (χ0) is 40.6. The van der Waals surface area contributed by atoms with Gasteiger partial charge in [0.25, 0.3) is 0 Å². The Hall–Kier alpha value is -8.64. The van der Waals surface area contributed by atoms with Crippen LogP contribution in [0.5, 0.6) is 0 Å². The van der Waals surface area contributed by atoms with E-state index in [0.717, 1.165) is 94.0 Å². The van der Waals surface area contributed by atoms with Crippen molar-refractivity contribution < 1.29 is 0 Å². The van der Waals surface area contributed by atoms with E-state index in [2.05, 4.69) is 188 Å². The largest absolute Gasteiger partial charge is 0.309 e. The number of benzene rings is 9. The van der Waals surface area contributed by atoms with E-state index in [1.54, 1.807) is 0 Å². The van der Waals surface area contributed by atoms with Crippen LogP contribution in [0.4, 0.5) is 5.69 Å². The van der Waals surface area contributed by atoms with Crippen LogP contribution in [0.25, 0.3) is 110 Å². The first kappa shape index (κ1) is 34.4. The molecule has 12 aromatic rings. The first-order valence-corrected chi connectivity index (χ1v) is 20.3. The van der Waals surface area contributed by atoms with Gasteiger partial charge in [0.15, 0.2) is 5.69 Å². The van der Waals surface area contributed by atoms with E-state index in [-0.39, 0.29) is 0 Å². The molecule has 0 saturated carbocycles. The minimum atomic E-state index is 0.629. The lowest BCUT2D eigenvalue weighted by atomic mass is 9.98. The molecular formula is C56H33N5. The van der Waals surface area contributed by atoms with E-state index in [9.17, 15) is 5.26 Å². The van der Waals surface area contributed by atoms with E-state index < -0.39 is 0 Å². The summed E-state index contributed by atoms with van der Waals surface area (Å²) in [5.74, 6) is 0. The van der Waals surface area contributed by atoms with Gasteiger partial charge in [-0.15, -0.1) is 0 Å². The highest BCUT2D eigenvalue weighted by molar-refractivity contribution is 6.15. The third kappa shape index (κ3) is 5.32. The molecule has 0 fully saturated rings. The SMILES string of the molecule is [C-]#[N+]c1ccc2c(c1)c1cc(-c3ccc4c(c3)c3cc(-c5ccc6c(c5)c5cc(C#N)ccc5n6-c5ccccc5)ccc3n4-c3ccccc3)ccc1n2-c1ccccc1. The van der Waals surface area contributed by atoms with Gasteiger partial charge in [0.05, 0.1) is 51.3 Å². The Morgan fingerprint density at radius 1 is 0.344 bits per heavy atom. The molecule has 0 N–H and O–H groups in total. The maximum absolute atomic E-state index is 9.87. The minimum absolute atomic E-state index is 0.629.